The number of nitrogens with zero attached hydrogens (tertiary/aromatic N) is 2. The van der Waals surface area contributed by atoms with E-state index in [4.69, 9.17) is 0 Å². The molecule has 1 saturated heterocycles. The molecule has 0 aromatic heterocycles. The van der Waals surface area contributed by atoms with Crippen molar-refractivity contribution in [3.05, 3.63) is 42.0 Å². The first kappa shape index (κ1) is 14.8. The molecule has 0 bridgehead atoms. The summed E-state index contributed by atoms with van der Waals surface area (Å²) in [7, 11) is 4.22. The average Bonchev–Trinajstić information content (AvgIpc) is 2.46. The average molecular weight is 272 g/mol. The Balaban J connectivity index is 2.00. The van der Waals surface area contributed by atoms with Crippen LogP contribution in [0.15, 0.2) is 30.8 Å². The Kier molecular flexibility index (Phi) is 4.61. The first-order valence-electron chi connectivity index (χ1n) is 7.20. The molecular weight excluding hydrogens is 248 g/mol. The second kappa shape index (κ2) is 6.23. The van der Waals surface area contributed by atoms with E-state index < -0.39 is 0 Å². The van der Waals surface area contributed by atoms with Crippen LogP contribution in [-0.2, 0) is 0 Å². The monoisotopic (exact) mass is 272 g/mol. The van der Waals surface area contributed by atoms with Gasteiger partial charge < -0.3 is 9.80 Å². The fourth-order valence-electron chi connectivity index (χ4n) is 2.67. The maximum absolute atomic E-state index is 12.4. The van der Waals surface area contributed by atoms with Crippen LogP contribution in [0, 0.1) is 0 Å². The summed E-state index contributed by atoms with van der Waals surface area (Å²) in [4.78, 5) is 16.7. The van der Waals surface area contributed by atoms with Gasteiger partial charge in [-0.15, -0.1) is 0 Å². The Bertz CT molecular complexity index is 482. The highest BCUT2D eigenvalue weighted by atomic mass is 16.2. The van der Waals surface area contributed by atoms with Crippen LogP contribution in [0.25, 0.3) is 5.57 Å². The smallest absolute Gasteiger partial charge is 0.253 e. The molecule has 2 rings (SSSR count). The zero-order chi connectivity index (χ0) is 14.7. The molecule has 0 radical (unpaired) electrons. The van der Waals surface area contributed by atoms with E-state index in [9.17, 15) is 4.79 Å². The van der Waals surface area contributed by atoms with Gasteiger partial charge >= 0.3 is 0 Å². The molecule has 3 heteroatoms. The van der Waals surface area contributed by atoms with Crippen LogP contribution < -0.4 is 0 Å². The number of allylic oxidation sites excluding steroid dienone is 1. The molecule has 108 valence electrons. The molecule has 1 aromatic rings. The predicted molar refractivity (Wildman–Crippen MR) is 83.8 cm³/mol. The van der Waals surface area contributed by atoms with E-state index in [1.54, 1.807) is 0 Å². The Morgan fingerprint density at radius 2 is 1.65 bits per heavy atom. The first-order valence-corrected chi connectivity index (χ1v) is 7.20. The first-order chi connectivity index (χ1) is 9.49. The summed E-state index contributed by atoms with van der Waals surface area (Å²) in [5.41, 5.74) is 2.89. The lowest BCUT2D eigenvalue weighted by atomic mass is 10.0. The maximum atomic E-state index is 12.4. The van der Waals surface area contributed by atoms with E-state index in [2.05, 4.69) is 25.6 Å². The van der Waals surface area contributed by atoms with Crippen molar-refractivity contribution >= 4 is 11.5 Å². The van der Waals surface area contributed by atoms with Gasteiger partial charge in [0.1, 0.15) is 0 Å². The van der Waals surface area contributed by atoms with Crippen LogP contribution in [0.2, 0.25) is 0 Å². The number of rotatable bonds is 3. The van der Waals surface area contributed by atoms with E-state index in [1.807, 2.05) is 36.1 Å². The molecule has 1 aliphatic rings. The highest BCUT2D eigenvalue weighted by molar-refractivity contribution is 5.94. The third-order valence-electron chi connectivity index (χ3n) is 4.11. The number of hydrogen-bond donors (Lipinski definition) is 0. The van der Waals surface area contributed by atoms with Gasteiger partial charge in [-0.25, -0.2) is 0 Å². The summed E-state index contributed by atoms with van der Waals surface area (Å²) < 4.78 is 0. The van der Waals surface area contributed by atoms with Crippen LogP contribution in [0.1, 0.15) is 35.7 Å². The largest absolute Gasteiger partial charge is 0.339 e. The molecule has 0 saturated carbocycles. The van der Waals surface area contributed by atoms with E-state index in [-0.39, 0.29) is 5.91 Å². The van der Waals surface area contributed by atoms with Gasteiger partial charge in [0.25, 0.3) is 5.91 Å². The molecule has 0 unspecified atom stereocenters. The summed E-state index contributed by atoms with van der Waals surface area (Å²) in [5, 5.41) is 0. The standard InChI is InChI=1S/C17H24N2O/c1-13(2)14-5-7-15(8-6-14)17(20)19-11-9-16(10-12-19)18(3)4/h5-8,16H,1,9-12H2,2-4H3. The maximum Gasteiger partial charge on any atom is 0.253 e. The van der Waals surface area contributed by atoms with Crippen molar-refractivity contribution in [3.8, 4) is 0 Å². The number of piperidine rings is 1. The van der Waals surface area contributed by atoms with Crippen molar-refractivity contribution in [1.82, 2.24) is 9.80 Å². The number of amides is 1. The summed E-state index contributed by atoms with van der Waals surface area (Å²) in [6.07, 6.45) is 2.12. The van der Waals surface area contributed by atoms with Crippen molar-refractivity contribution in [2.45, 2.75) is 25.8 Å². The fraction of sp³-hybridized carbons (Fsp3) is 0.471. The van der Waals surface area contributed by atoms with Crippen LogP contribution in [0.3, 0.4) is 0 Å². The zero-order valence-corrected chi connectivity index (χ0v) is 12.7. The minimum absolute atomic E-state index is 0.149. The lowest BCUT2D eigenvalue weighted by Gasteiger charge is -2.35. The SMILES string of the molecule is C=C(C)c1ccc(C(=O)N2CCC(N(C)C)CC2)cc1. The van der Waals surface area contributed by atoms with Gasteiger partial charge in [0, 0.05) is 24.7 Å². The molecule has 0 spiro atoms. The van der Waals surface area contributed by atoms with Crippen molar-refractivity contribution in [1.29, 1.82) is 0 Å². The normalized spacial score (nSPS) is 16.5. The second-order valence-corrected chi connectivity index (χ2v) is 5.84. The molecular formula is C17H24N2O. The molecule has 0 aliphatic carbocycles. The Hall–Kier alpha value is -1.61. The van der Waals surface area contributed by atoms with E-state index >= 15 is 0 Å². The Labute approximate surface area is 121 Å². The highest BCUT2D eigenvalue weighted by Gasteiger charge is 2.24. The number of hydrogen-bond acceptors (Lipinski definition) is 2. The molecule has 20 heavy (non-hydrogen) atoms. The summed E-state index contributed by atoms with van der Waals surface area (Å²) in [6, 6.07) is 8.36. The van der Waals surface area contributed by atoms with Crippen molar-refractivity contribution in [3.63, 3.8) is 0 Å². The molecule has 1 amide bonds. The van der Waals surface area contributed by atoms with Crippen LogP contribution in [-0.4, -0.2) is 48.9 Å². The number of benzene rings is 1. The Morgan fingerprint density at radius 3 is 2.10 bits per heavy atom. The van der Waals surface area contributed by atoms with Gasteiger partial charge in [0.15, 0.2) is 0 Å². The molecule has 0 atom stereocenters. The second-order valence-electron chi connectivity index (χ2n) is 5.84. The van der Waals surface area contributed by atoms with Crippen LogP contribution in [0.5, 0.6) is 0 Å². The van der Waals surface area contributed by atoms with Gasteiger partial charge in [-0.3, -0.25) is 4.79 Å². The van der Waals surface area contributed by atoms with Crippen molar-refractivity contribution in [2.75, 3.05) is 27.2 Å². The summed E-state index contributed by atoms with van der Waals surface area (Å²) >= 11 is 0. The summed E-state index contributed by atoms with van der Waals surface area (Å²) in [6.45, 7) is 7.59. The summed E-state index contributed by atoms with van der Waals surface area (Å²) in [5.74, 6) is 0.149. The highest BCUT2D eigenvalue weighted by Crippen LogP contribution is 2.18. The molecule has 1 fully saturated rings. The predicted octanol–water partition coefficient (Wildman–Crippen LogP) is 2.89. The van der Waals surface area contributed by atoms with E-state index in [0.29, 0.717) is 6.04 Å². The fourth-order valence-corrected chi connectivity index (χ4v) is 2.67. The third-order valence-corrected chi connectivity index (χ3v) is 4.11. The van der Waals surface area contributed by atoms with Crippen molar-refractivity contribution < 1.29 is 4.79 Å². The van der Waals surface area contributed by atoms with E-state index in [0.717, 1.165) is 42.6 Å². The van der Waals surface area contributed by atoms with Gasteiger partial charge in [-0.05, 0) is 51.6 Å². The van der Waals surface area contributed by atoms with Crippen molar-refractivity contribution in [2.24, 2.45) is 0 Å². The van der Waals surface area contributed by atoms with Crippen LogP contribution >= 0.6 is 0 Å². The van der Waals surface area contributed by atoms with E-state index in [1.165, 1.54) is 0 Å². The van der Waals surface area contributed by atoms with Gasteiger partial charge in [0.05, 0.1) is 0 Å². The number of carbonyl (C=O) groups is 1. The molecule has 0 N–H and O–H groups in total. The quantitative estimate of drug-likeness (QED) is 0.844. The van der Waals surface area contributed by atoms with Gasteiger partial charge in [-0.2, -0.15) is 0 Å². The number of carbonyl (C=O) groups excluding carboxylic acids is 1. The molecule has 3 nitrogen and oxygen atoms in total. The molecule has 1 heterocycles. The topological polar surface area (TPSA) is 23.6 Å². The zero-order valence-electron chi connectivity index (χ0n) is 12.7. The molecule has 1 aromatic carbocycles. The minimum atomic E-state index is 0.149. The van der Waals surface area contributed by atoms with Gasteiger partial charge in [-0.1, -0.05) is 24.3 Å². The van der Waals surface area contributed by atoms with Gasteiger partial charge in [0.2, 0.25) is 0 Å². The number of likely N-dealkylation sites (tertiary alicyclic amines) is 1. The molecule has 1 aliphatic heterocycles. The minimum Gasteiger partial charge on any atom is -0.339 e. The third kappa shape index (κ3) is 3.28. The van der Waals surface area contributed by atoms with Crippen LogP contribution in [0.4, 0.5) is 0 Å². The lowest BCUT2D eigenvalue weighted by Crippen LogP contribution is -2.44. The Morgan fingerprint density at radius 1 is 1.15 bits per heavy atom. The lowest BCUT2D eigenvalue weighted by molar-refractivity contribution is 0.0663.